The highest BCUT2D eigenvalue weighted by molar-refractivity contribution is 5.44. The summed E-state index contributed by atoms with van der Waals surface area (Å²) in [6.45, 7) is 7.42. The lowest BCUT2D eigenvalue weighted by atomic mass is 10.2. The standard InChI is InChI=1S/C14H25N5O/c1-10(2)8-20-9-12-6-13(18-14(15)17-12)19-5-4-11(7-19)16-3/h6,10-11,16H,4-5,7-9H2,1-3H3,(H2,15,17,18)/t11-/m1/s1. The van der Waals surface area contributed by atoms with Gasteiger partial charge in [-0.2, -0.15) is 4.98 Å². The summed E-state index contributed by atoms with van der Waals surface area (Å²) in [6, 6.07) is 2.50. The predicted molar refractivity (Wildman–Crippen MR) is 80.6 cm³/mol. The molecule has 2 heterocycles. The van der Waals surface area contributed by atoms with E-state index >= 15 is 0 Å². The monoisotopic (exact) mass is 279 g/mol. The van der Waals surface area contributed by atoms with E-state index in [2.05, 4.69) is 34.0 Å². The molecule has 1 aliphatic heterocycles. The van der Waals surface area contributed by atoms with Gasteiger partial charge in [0.2, 0.25) is 5.95 Å². The van der Waals surface area contributed by atoms with Gasteiger partial charge in [0.15, 0.2) is 0 Å². The van der Waals surface area contributed by atoms with Crippen LogP contribution in [0.25, 0.3) is 0 Å². The third-order valence-electron chi connectivity index (χ3n) is 3.40. The highest BCUT2D eigenvalue weighted by Gasteiger charge is 2.22. The van der Waals surface area contributed by atoms with Gasteiger partial charge in [-0.15, -0.1) is 0 Å². The van der Waals surface area contributed by atoms with E-state index in [-0.39, 0.29) is 0 Å². The molecule has 1 aliphatic rings. The van der Waals surface area contributed by atoms with Gasteiger partial charge in [-0.1, -0.05) is 13.8 Å². The van der Waals surface area contributed by atoms with Crippen LogP contribution in [0.15, 0.2) is 6.07 Å². The molecule has 3 N–H and O–H groups in total. The third kappa shape index (κ3) is 4.05. The molecule has 0 aliphatic carbocycles. The number of aromatic nitrogens is 2. The fraction of sp³-hybridized carbons (Fsp3) is 0.714. The zero-order valence-corrected chi connectivity index (χ0v) is 12.6. The maximum absolute atomic E-state index is 5.81. The molecule has 0 aromatic carbocycles. The van der Waals surface area contributed by atoms with Crippen molar-refractivity contribution in [2.45, 2.75) is 32.9 Å². The van der Waals surface area contributed by atoms with Crippen LogP contribution in [0.1, 0.15) is 26.0 Å². The van der Waals surface area contributed by atoms with Crippen molar-refractivity contribution in [1.82, 2.24) is 15.3 Å². The summed E-state index contributed by atoms with van der Waals surface area (Å²) < 4.78 is 5.62. The topological polar surface area (TPSA) is 76.3 Å². The van der Waals surface area contributed by atoms with Gasteiger partial charge in [0.1, 0.15) is 5.82 Å². The largest absolute Gasteiger partial charge is 0.375 e. The Hall–Kier alpha value is -1.40. The average molecular weight is 279 g/mol. The molecule has 0 bridgehead atoms. The Labute approximate surface area is 120 Å². The fourth-order valence-corrected chi connectivity index (χ4v) is 2.34. The minimum Gasteiger partial charge on any atom is -0.375 e. The number of nitrogen functional groups attached to an aromatic ring is 1. The second kappa shape index (κ2) is 6.85. The Balaban J connectivity index is 2.01. The van der Waals surface area contributed by atoms with E-state index in [1.54, 1.807) is 0 Å². The van der Waals surface area contributed by atoms with E-state index in [0.29, 0.717) is 24.5 Å². The van der Waals surface area contributed by atoms with Crippen LogP contribution < -0.4 is 16.0 Å². The van der Waals surface area contributed by atoms with E-state index in [1.165, 1.54) is 0 Å². The summed E-state index contributed by atoms with van der Waals surface area (Å²) in [5.74, 6) is 1.74. The van der Waals surface area contributed by atoms with E-state index in [1.807, 2.05) is 13.1 Å². The first-order valence-electron chi connectivity index (χ1n) is 7.22. The van der Waals surface area contributed by atoms with Crippen LogP contribution in [0.2, 0.25) is 0 Å². The van der Waals surface area contributed by atoms with Crippen molar-refractivity contribution in [3.05, 3.63) is 11.8 Å². The molecule has 6 nitrogen and oxygen atoms in total. The third-order valence-corrected chi connectivity index (χ3v) is 3.40. The molecule has 1 saturated heterocycles. The lowest BCUT2D eigenvalue weighted by molar-refractivity contribution is 0.0948. The number of nitrogens with one attached hydrogen (secondary N) is 1. The molecule has 0 unspecified atom stereocenters. The van der Waals surface area contributed by atoms with Crippen molar-refractivity contribution in [3.63, 3.8) is 0 Å². The Morgan fingerprint density at radius 1 is 1.50 bits per heavy atom. The second-order valence-corrected chi connectivity index (χ2v) is 5.70. The number of anilines is 2. The summed E-state index contributed by atoms with van der Waals surface area (Å²) in [5.41, 5.74) is 6.65. The summed E-state index contributed by atoms with van der Waals surface area (Å²) in [5, 5.41) is 3.30. The van der Waals surface area contributed by atoms with E-state index < -0.39 is 0 Å². The van der Waals surface area contributed by atoms with Crippen LogP contribution in [0.4, 0.5) is 11.8 Å². The second-order valence-electron chi connectivity index (χ2n) is 5.70. The lowest BCUT2D eigenvalue weighted by Gasteiger charge is -2.18. The van der Waals surface area contributed by atoms with Crippen molar-refractivity contribution < 1.29 is 4.74 Å². The molecule has 112 valence electrons. The van der Waals surface area contributed by atoms with Gasteiger partial charge in [0, 0.05) is 31.8 Å². The fourth-order valence-electron chi connectivity index (χ4n) is 2.34. The van der Waals surface area contributed by atoms with Crippen LogP contribution >= 0.6 is 0 Å². The maximum Gasteiger partial charge on any atom is 0.222 e. The number of nitrogens with zero attached hydrogens (tertiary/aromatic N) is 3. The molecular formula is C14H25N5O. The summed E-state index contributed by atoms with van der Waals surface area (Å²) in [6.07, 6.45) is 1.12. The van der Waals surface area contributed by atoms with Crippen molar-refractivity contribution in [1.29, 1.82) is 0 Å². The molecule has 20 heavy (non-hydrogen) atoms. The first kappa shape index (κ1) is 15.0. The molecule has 1 fully saturated rings. The van der Waals surface area contributed by atoms with Gasteiger partial charge in [-0.3, -0.25) is 0 Å². The molecule has 0 saturated carbocycles. The van der Waals surface area contributed by atoms with E-state index in [0.717, 1.165) is 37.6 Å². The average Bonchev–Trinajstić information content (AvgIpc) is 2.86. The van der Waals surface area contributed by atoms with Crippen LogP contribution in [0, 0.1) is 5.92 Å². The van der Waals surface area contributed by atoms with Crippen LogP contribution in [-0.2, 0) is 11.3 Å². The van der Waals surface area contributed by atoms with Crippen molar-refractivity contribution in [2.75, 3.05) is 37.4 Å². The minimum absolute atomic E-state index is 0.318. The first-order valence-corrected chi connectivity index (χ1v) is 7.22. The smallest absolute Gasteiger partial charge is 0.222 e. The van der Waals surface area contributed by atoms with E-state index in [4.69, 9.17) is 10.5 Å². The maximum atomic E-state index is 5.81. The summed E-state index contributed by atoms with van der Waals surface area (Å²) in [7, 11) is 1.99. The number of rotatable bonds is 6. The molecule has 0 radical (unpaired) electrons. The van der Waals surface area contributed by atoms with E-state index in [9.17, 15) is 0 Å². The molecular weight excluding hydrogens is 254 g/mol. The SMILES string of the molecule is CN[C@@H]1CCN(c2cc(COCC(C)C)nc(N)n2)C1. The van der Waals surface area contributed by atoms with Crippen LogP contribution in [0.3, 0.4) is 0 Å². The van der Waals surface area contributed by atoms with Crippen molar-refractivity contribution >= 4 is 11.8 Å². The number of hydrogen-bond donors (Lipinski definition) is 2. The predicted octanol–water partition coefficient (Wildman–Crippen LogP) is 1.03. The number of likely N-dealkylation sites (N-methyl/N-ethyl adjacent to an activating group) is 1. The number of nitrogens with two attached hydrogens (primary N) is 1. The van der Waals surface area contributed by atoms with Crippen LogP contribution in [0.5, 0.6) is 0 Å². The van der Waals surface area contributed by atoms with Gasteiger partial charge >= 0.3 is 0 Å². The quantitative estimate of drug-likeness (QED) is 0.810. The van der Waals surface area contributed by atoms with Gasteiger partial charge in [0.05, 0.1) is 12.3 Å². The van der Waals surface area contributed by atoms with Gasteiger partial charge in [-0.05, 0) is 19.4 Å². The van der Waals surface area contributed by atoms with Gasteiger partial charge in [-0.25, -0.2) is 4.98 Å². The van der Waals surface area contributed by atoms with Gasteiger partial charge in [0.25, 0.3) is 0 Å². The molecule has 1 atom stereocenters. The highest BCUT2D eigenvalue weighted by atomic mass is 16.5. The molecule has 1 aromatic rings. The minimum atomic E-state index is 0.318. The highest BCUT2D eigenvalue weighted by Crippen LogP contribution is 2.20. The Morgan fingerprint density at radius 3 is 2.95 bits per heavy atom. The summed E-state index contributed by atoms with van der Waals surface area (Å²) in [4.78, 5) is 10.8. The lowest BCUT2D eigenvalue weighted by Crippen LogP contribution is -2.30. The Morgan fingerprint density at radius 2 is 2.30 bits per heavy atom. The molecule has 1 aromatic heterocycles. The molecule has 6 heteroatoms. The molecule has 0 spiro atoms. The molecule has 0 amide bonds. The van der Waals surface area contributed by atoms with Crippen molar-refractivity contribution in [3.8, 4) is 0 Å². The number of hydrogen-bond acceptors (Lipinski definition) is 6. The Kier molecular flexibility index (Phi) is 5.14. The normalized spacial score (nSPS) is 19.0. The van der Waals surface area contributed by atoms with Crippen molar-refractivity contribution in [2.24, 2.45) is 5.92 Å². The van der Waals surface area contributed by atoms with Crippen LogP contribution in [-0.4, -0.2) is 42.8 Å². The molecule has 2 rings (SSSR count). The zero-order chi connectivity index (χ0) is 14.5. The number of ether oxygens (including phenoxy) is 1. The first-order chi connectivity index (χ1) is 9.58. The zero-order valence-electron chi connectivity index (χ0n) is 12.6. The Bertz CT molecular complexity index is 438. The summed E-state index contributed by atoms with van der Waals surface area (Å²) >= 11 is 0. The van der Waals surface area contributed by atoms with Gasteiger partial charge < -0.3 is 20.7 Å².